The van der Waals surface area contributed by atoms with Gasteiger partial charge in [0.05, 0.1) is 6.61 Å². The summed E-state index contributed by atoms with van der Waals surface area (Å²) in [4.78, 5) is 14.0. The zero-order valence-electron chi connectivity index (χ0n) is 5.53. The maximum Gasteiger partial charge on any atom is 0.273 e. The fourth-order valence-corrected chi connectivity index (χ4v) is 1.19. The number of aromatic nitrogens is 1. The molecule has 0 aliphatic carbocycles. The second kappa shape index (κ2) is 3.31. The first-order valence-electron chi connectivity index (χ1n) is 2.90. The molecular formula is C6H7NO2S. The fourth-order valence-electron chi connectivity index (χ4n) is 0.513. The minimum absolute atomic E-state index is 0.438. The molecule has 0 radical (unpaired) electrons. The van der Waals surface area contributed by atoms with Crippen LogP contribution in [0.5, 0.6) is 5.19 Å². The molecule has 0 bridgehead atoms. The lowest BCUT2D eigenvalue weighted by Gasteiger charge is -1.92. The summed E-state index contributed by atoms with van der Waals surface area (Å²) in [5, 5.41) is 2.22. The molecule has 0 aromatic carbocycles. The van der Waals surface area contributed by atoms with E-state index < -0.39 is 0 Å². The molecule has 0 amide bonds. The van der Waals surface area contributed by atoms with E-state index >= 15 is 0 Å². The highest BCUT2D eigenvalue weighted by molar-refractivity contribution is 7.11. The monoisotopic (exact) mass is 157 g/mol. The van der Waals surface area contributed by atoms with E-state index in [4.69, 9.17) is 4.74 Å². The molecule has 4 heteroatoms. The maximum absolute atomic E-state index is 10.1. The Kier molecular flexibility index (Phi) is 2.39. The predicted octanol–water partition coefficient (Wildman–Crippen LogP) is 1.35. The number of hydrogen-bond donors (Lipinski definition) is 0. The summed E-state index contributed by atoms with van der Waals surface area (Å²) in [6.45, 7) is 2.47. The van der Waals surface area contributed by atoms with Crippen LogP contribution in [0.25, 0.3) is 0 Å². The topological polar surface area (TPSA) is 39.2 Å². The van der Waals surface area contributed by atoms with Gasteiger partial charge in [0.25, 0.3) is 5.19 Å². The Hall–Kier alpha value is -0.900. The highest BCUT2D eigenvalue weighted by Gasteiger charge is 1.98. The van der Waals surface area contributed by atoms with E-state index in [0.29, 0.717) is 23.8 Å². The highest BCUT2D eigenvalue weighted by Crippen LogP contribution is 2.16. The van der Waals surface area contributed by atoms with Gasteiger partial charge in [0.1, 0.15) is 5.69 Å². The molecule has 1 rings (SSSR count). The van der Waals surface area contributed by atoms with Crippen molar-refractivity contribution in [2.45, 2.75) is 6.92 Å². The average Bonchev–Trinajstić information content (AvgIpc) is 2.37. The minimum Gasteiger partial charge on any atom is -0.470 e. The van der Waals surface area contributed by atoms with E-state index in [1.54, 1.807) is 5.38 Å². The molecule has 1 aromatic heterocycles. The lowest BCUT2D eigenvalue weighted by atomic mass is 10.6. The number of carbonyl (C=O) groups excluding carboxylic acids is 1. The van der Waals surface area contributed by atoms with E-state index in [1.165, 1.54) is 11.3 Å². The summed E-state index contributed by atoms with van der Waals surface area (Å²) < 4.78 is 5.04. The van der Waals surface area contributed by atoms with E-state index in [2.05, 4.69) is 4.98 Å². The summed E-state index contributed by atoms with van der Waals surface area (Å²) in [5.74, 6) is 0. The van der Waals surface area contributed by atoms with Crippen molar-refractivity contribution in [3.05, 3.63) is 11.1 Å². The van der Waals surface area contributed by atoms with Gasteiger partial charge >= 0.3 is 0 Å². The number of thiazole rings is 1. The number of aldehydes is 1. The largest absolute Gasteiger partial charge is 0.470 e. The molecule has 10 heavy (non-hydrogen) atoms. The molecule has 0 aliphatic rings. The van der Waals surface area contributed by atoms with Crippen LogP contribution < -0.4 is 4.74 Å². The Morgan fingerprint density at radius 1 is 1.90 bits per heavy atom. The summed E-state index contributed by atoms with van der Waals surface area (Å²) in [6.07, 6.45) is 0.707. The van der Waals surface area contributed by atoms with Crippen LogP contribution in [0.3, 0.4) is 0 Å². The second-order valence-corrected chi connectivity index (χ2v) is 2.41. The molecule has 0 atom stereocenters. The molecular weight excluding hydrogens is 150 g/mol. The van der Waals surface area contributed by atoms with Crippen LogP contribution in [0.4, 0.5) is 0 Å². The van der Waals surface area contributed by atoms with Crippen LogP contribution in [-0.4, -0.2) is 17.9 Å². The lowest BCUT2D eigenvalue weighted by Crippen LogP contribution is -1.90. The van der Waals surface area contributed by atoms with Crippen LogP contribution >= 0.6 is 11.3 Å². The van der Waals surface area contributed by atoms with Gasteiger partial charge < -0.3 is 4.74 Å². The van der Waals surface area contributed by atoms with Crippen molar-refractivity contribution in [2.24, 2.45) is 0 Å². The van der Waals surface area contributed by atoms with Crippen molar-refractivity contribution in [3.63, 3.8) is 0 Å². The van der Waals surface area contributed by atoms with Crippen LogP contribution in [0, 0.1) is 0 Å². The molecule has 0 N–H and O–H groups in total. The maximum atomic E-state index is 10.1. The summed E-state index contributed by atoms with van der Waals surface area (Å²) in [6, 6.07) is 0. The average molecular weight is 157 g/mol. The van der Waals surface area contributed by atoms with Crippen molar-refractivity contribution >= 4 is 17.6 Å². The number of hydrogen-bond acceptors (Lipinski definition) is 4. The SMILES string of the molecule is CCOc1nc(C=O)cs1. The Morgan fingerprint density at radius 2 is 2.70 bits per heavy atom. The number of carbonyl (C=O) groups is 1. The van der Waals surface area contributed by atoms with Crippen LogP contribution in [0.1, 0.15) is 17.4 Å². The summed E-state index contributed by atoms with van der Waals surface area (Å²) in [5.41, 5.74) is 0.438. The van der Waals surface area contributed by atoms with Crippen molar-refractivity contribution in [2.75, 3.05) is 6.61 Å². The van der Waals surface area contributed by atoms with Gasteiger partial charge in [-0.2, -0.15) is 4.98 Å². The van der Waals surface area contributed by atoms with Crippen LogP contribution in [0.2, 0.25) is 0 Å². The van der Waals surface area contributed by atoms with E-state index in [-0.39, 0.29) is 0 Å². The predicted molar refractivity (Wildman–Crippen MR) is 38.7 cm³/mol. The zero-order valence-corrected chi connectivity index (χ0v) is 6.35. The molecule has 0 saturated heterocycles. The smallest absolute Gasteiger partial charge is 0.273 e. The Labute approximate surface area is 62.7 Å². The first-order valence-corrected chi connectivity index (χ1v) is 3.78. The Bertz CT molecular complexity index is 221. The van der Waals surface area contributed by atoms with Crippen molar-refractivity contribution in [1.29, 1.82) is 0 Å². The molecule has 0 aliphatic heterocycles. The highest BCUT2D eigenvalue weighted by atomic mass is 32.1. The van der Waals surface area contributed by atoms with Gasteiger partial charge in [-0.05, 0) is 6.92 Å². The zero-order chi connectivity index (χ0) is 7.40. The Balaban J connectivity index is 2.68. The van der Waals surface area contributed by atoms with E-state index in [1.807, 2.05) is 6.92 Å². The second-order valence-electron chi connectivity index (χ2n) is 1.59. The number of nitrogens with zero attached hydrogens (tertiary/aromatic N) is 1. The Morgan fingerprint density at radius 3 is 3.20 bits per heavy atom. The normalized spacial score (nSPS) is 9.30. The molecule has 54 valence electrons. The van der Waals surface area contributed by atoms with E-state index in [9.17, 15) is 4.79 Å². The summed E-state index contributed by atoms with van der Waals surface area (Å²) in [7, 11) is 0. The number of rotatable bonds is 3. The van der Waals surface area contributed by atoms with Crippen molar-refractivity contribution < 1.29 is 9.53 Å². The first kappa shape index (κ1) is 7.21. The van der Waals surface area contributed by atoms with Gasteiger partial charge in [0.15, 0.2) is 6.29 Å². The molecule has 1 heterocycles. The van der Waals surface area contributed by atoms with Gasteiger partial charge in [-0.1, -0.05) is 11.3 Å². The molecule has 0 spiro atoms. The minimum atomic E-state index is 0.438. The van der Waals surface area contributed by atoms with Crippen molar-refractivity contribution in [1.82, 2.24) is 4.98 Å². The standard InChI is InChI=1S/C6H7NO2S/c1-2-9-6-7-5(3-8)4-10-6/h3-4H,2H2,1H3. The molecule has 1 aromatic rings. The van der Waals surface area contributed by atoms with Gasteiger partial charge in [0, 0.05) is 5.38 Å². The lowest BCUT2D eigenvalue weighted by molar-refractivity contribution is 0.111. The van der Waals surface area contributed by atoms with Gasteiger partial charge in [0.2, 0.25) is 0 Å². The molecule has 3 nitrogen and oxygen atoms in total. The third-order valence-corrected chi connectivity index (χ3v) is 1.66. The van der Waals surface area contributed by atoms with Gasteiger partial charge in [-0.3, -0.25) is 4.79 Å². The first-order chi connectivity index (χ1) is 4.86. The van der Waals surface area contributed by atoms with Crippen LogP contribution in [-0.2, 0) is 0 Å². The third kappa shape index (κ3) is 1.54. The number of ether oxygens (including phenoxy) is 1. The molecule has 0 saturated carbocycles. The third-order valence-electron chi connectivity index (χ3n) is 0.889. The van der Waals surface area contributed by atoms with Crippen LogP contribution in [0.15, 0.2) is 5.38 Å². The van der Waals surface area contributed by atoms with Gasteiger partial charge in [-0.15, -0.1) is 0 Å². The summed E-state index contributed by atoms with van der Waals surface area (Å²) >= 11 is 1.33. The van der Waals surface area contributed by atoms with Gasteiger partial charge in [-0.25, -0.2) is 0 Å². The molecule has 0 fully saturated rings. The fraction of sp³-hybridized carbons (Fsp3) is 0.333. The van der Waals surface area contributed by atoms with Crippen molar-refractivity contribution in [3.8, 4) is 5.19 Å². The quantitative estimate of drug-likeness (QED) is 0.622. The molecule has 0 unspecified atom stereocenters. The van der Waals surface area contributed by atoms with E-state index in [0.717, 1.165) is 0 Å².